The van der Waals surface area contributed by atoms with Crippen molar-refractivity contribution in [2.24, 2.45) is 11.5 Å². The van der Waals surface area contributed by atoms with Crippen molar-refractivity contribution in [2.45, 2.75) is 5.92 Å². The molecule has 1 atom stereocenters. The molecule has 4 N–H and O–H groups in total. The first-order chi connectivity index (χ1) is 13.0. The van der Waals surface area contributed by atoms with Crippen molar-refractivity contribution >= 4 is 28.2 Å². The molecule has 0 saturated carbocycles. The van der Waals surface area contributed by atoms with E-state index in [4.69, 9.17) is 37.6 Å². The summed E-state index contributed by atoms with van der Waals surface area (Å²) < 4.78 is 16.5. The van der Waals surface area contributed by atoms with Crippen LogP contribution in [0.1, 0.15) is 17.0 Å². The first kappa shape index (κ1) is 17.1. The Morgan fingerprint density at radius 1 is 1.15 bits per heavy atom. The lowest BCUT2D eigenvalue weighted by Crippen LogP contribution is -2.32. The number of benzene rings is 2. The largest absolute Gasteiger partial charge is 0.497 e. The van der Waals surface area contributed by atoms with Gasteiger partial charge in [0.2, 0.25) is 0 Å². The number of hydrogen-bond acceptors (Lipinski definition) is 6. The third-order valence-electron chi connectivity index (χ3n) is 4.57. The Kier molecular flexibility index (Phi) is 4.08. The number of ether oxygens (including phenoxy) is 2. The molecular formula is C20H16N2O4S. The summed E-state index contributed by atoms with van der Waals surface area (Å²) >= 11 is 5.19. The molecule has 0 spiro atoms. The summed E-state index contributed by atoms with van der Waals surface area (Å²) in [6, 6.07) is 14.4. The van der Waals surface area contributed by atoms with Gasteiger partial charge in [-0.05, 0) is 29.8 Å². The minimum absolute atomic E-state index is 0.0616. The molecule has 27 heavy (non-hydrogen) atoms. The van der Waals surface area contributed by atoms with Gasteiger partial charge in [0.05, 0.1) is 29.6 Å². The molecule has 6 nitrogen and oxygen atoms in total. The molecule has 2 aromatic carbocycles. The molecule has 3 aromatic rings. The fourth-order valence-corrected chi connectivity index (χ4v) is 3.56. The summed E-state index contributed by atoms with van der Waals surface area (Å²) in [5.41, 5.74) is 13.4. The Morgan fingerprint density at radius 2 is 1.85 bits per heavy atom. The molecule has 1 aliphatic rings. The van der Waals surface area contributed by atoms with Crippen molar-refractivity contribution in [2.75, 3.05) is 7.11 Å². The van der Waals surface area contributed by atoms with E-state index in [0.29, 0.717) is 33.6 Å². The van der Waals surface area contributed by atoms with E-state index in [1.54, 1.807) is 37.4 Å². The fourth-order valence-electron chi connectivity index (χ4n) is 3.34. The van der Waals surface area contributed by atoms with Gasteiger partial charge in [-0.25, -0.2) is 4.79 Å². The molecule has 0 amide bonds. The van der Waals surface area contributed by atoms with E-state index in [-0.39, 0.29) is 10.9 Å². The molecule has 0 unspecified atom stereocenters. The molecule has 7 heteroatoms. The number of fused-ring (bicyclic) bond motifs is 3. The van der Waals surface area contributed by atoms with Gasteiger partial charge >= 0.3 is 5.63 Å². The number of nitrogens with two attached hydrogens (primary N) is 2. The van der Waals surface area contributed by atoms with Crippen LogP contribution in [0.25, 0.3) is 11.0 Å². The van der Waals surface area contributed by atoms with Gasteiger partial charge in [0.1, 0.15) is 16.3 Å². The van der Waals surface area contributed by atoms with E-state index in [1.165, 1.54) is 0 Å². The van der Waals surface area contributed by atoms with Crippen molar-refractivity contribution < 1.29 is 13.9 Å². The average Bonchev–Trinajstić information content (AvgIpc) is 2.67. The summed E-state index contributed by atoms with van der Waals surface area (Å²) in [4.78, 5) is 12.9. The van der Waals surface area contributed by atoms with Crippen molar-refractivity contribution in [3.63, 3.8) is 0 Å². The first-order valence-electron chi connectivity index (χ1n) is 8.18. The Bertz CT molecular complexity index is 1150. The number of hydrogen-bond donors (Lipinski definition) is 2. The van der Waals surface area contributed by atoms with E-state index in [2.05, 4.69) is 0 Å². The van der Waals surface area contributed by atoms with Crippen molar-refractivity contribution in [1.82, 2.24) is 0 Å². The molecule has 0 radical (unpaired) electrons. The van der Waals surface area contributed by atoms with Crippen LogP contribution in [0.3, 0.4) is 0 Å². The van der Waals surface area contributed by atoms with Crippen LogP contribution in [-0.4, -0.2) is 12.1 Å². The highest BCUT2D eigenvalue weighted by Gasteiger charge is 2.36. The van der Waals surface area contributed by atoms with Crippen LogP contribution in [0.4, 0.5) is 0 Å². The molecule has 2 heterocycles. The maximum atomic E-state index is 12.8. The van der Waals surface area contributed by atoms with Crippen LogP contribution in [0.15, 0.2) is 69.2 Å². The normalized spacial score (nSPS) is 16.0. The molecule has 1 aromatic heterocycles. The summed E-state index contributed by atoms with van der Waals surface area (Å²) in [6.07, 6.45) is 0. The minimum Gasteiger partial charge on any atom is -0.497 e. The van der Waals surface area contributed by atoms with Gasteiger partial charge in [0.15, 0.2) is 11.6 Å². The maximum absolute atomic E-state index is 12.8. The molecule has 0 aliphatic carbocycles. The number of methoxy groups -OCH3 is 1. The number of thiocarbonyl (C=S) groups is 1. The molecule has 0 bridgehead atoms. The second-order valence-electron chi connectivity index (χ2n) is 6.08. The monoisotopic (exact) mass is 380 g/mol. The highest BCUT2D eigenvalue weighted by atomic mass is 32.1. The van der Waals surface area contributed by atoms with Crippen molar-refractivity contribution in [3.8, 4) is 11.5 Å². The van der Waals surface area contributed by atoms with Crippen LogP contribution in [0, 0.1) is 0 Å². The van der Waals surface area contributed by atoms with E-state index in [0.717, 1.165) is 5.56 Å². The summed E-state index contributed by atoms with van der Waals surface area (Å²) in [5, 5.41) is 0.649. The summed E-state index contributed by atoms with van der Waals surface area (Å²) in [5.74, 6) is 0.523. The lowest BCUT2D eigenvalue weighted by molar-refractivity contribution is 0.389. The fraction of sp³-hybridized carbons (Fsp3) is 0.100. The van der Waals surface area contributed by atoms with Gasteiger partial charge in [-0.1, -0.05) is 36.5 Å². The SMILES string of the molecule is COc1ccc([C@@H]2C(C(N)=S)=C(N)Oc3c2c(=O)oc2ccccc32)cc1. The zero-order valence-electron chi connectivity index (χ0n) is 14.4. The van der Waals surface area contributed by atoms with Gasteiger partial charge in [0, 0.05) is 0 Å². The van der Waals surface area contributed by atoms with Gasteiger partial charge in [0.25, 0.3) is 0 Å². The van der Waals surface area contributed by atoms with E-state index in [1.807, 2.05) is 18.2 Å². The maximum Gasteiger partial charge on any atom is 0.344 e. The van der Waals surface area contributed by atoms with Gasteiger partial charge in [-0.15, -0.1) is 0 Å². The predicted octanol–water partition coefficient (Wildman–Crippen LogP) is 2.78. The predicted molar refractivity (Wildman–Crippen MR) is 106 cm³/mol. The van der Waals surface area contributed by atoms with Crippen LogP contribution in [0.5, 0.6) is 11.5 Å². The Hall–Kier alpha value is -3.32. The third-order valence-corrected chi connectivity index (χ3v) is 4.79. The average molecular weight is 380 g/mol. The Balaban J connectivity index is 2.04. The minimum atomic E-state index is -0.599. The van der Waals surface area contributed by atoms with Crippen LogP contribution < -0.4 is 26.6 Å². The quantitative estimate of drug-likeness (QED) is 0.532. The Morgan fingerprint density at radius 3 is 2.52 bits per heavy atom. The molecule has 1 aliphatic heterocycles. The van der Waals surface area contributed by atoms with Crippen LogP contribution in [-0.2, 0) is 0 Å². The van der Waals surface area contributed by atoms with E-state index in [9.17, 15) is 4.79 Å². The van der Waals surface area contributed by atoms with Crippen LogP contribution in [0.2, 0.25) is 0 Å². The molecule has 4 rings (SSSR count). The van der Waals surface area contributed by atoms with Gasteiger partial charge in [-0.2, -0.15) is 0 Å². The smallest absolute Gasteiger partial charge is 0.344 e. The lowest BCUT2D eigenvalue weighted by atomic mass is 9.83. The van der Waals surface area contributed by atoms with Crippen molar-refractivity contribution in [1.29, 1.82) is 0 Å². The molecule has 136 valence electrons. The molecule has 0 saturated heterocycles. The molecule has 0 fully saturated rings. The highest BCUT2D eigenvalue weighted by molar-refractivity contribution is 7.80. The van der Waals surface area contributed by atoms with Gasteiger partial charge in [-0.3, -0.25) is 0 Å². The number of rotatable bonds is 3. The second kappa shape index (κ2) is 6.44. The van der Waals surface area contributed by atoms with Gasteiger partial charge < -0.3 is 25.4 Å². The van der Waals surface area contributed by atoms with E-state index >= 15 is 0 Å². The standard InChI is InChI=1S/C20H16N2O4S/c1-24-11-8-6-10(7-9-11)14-15-17(26-18(21)16(14)19(22)27)12-4-2-3-5-13(12)25-20(15)23/h2-9,14H,21H2,1H3,(H2,22,27)/t14-/m0/s1. The molecular weight excluding hydrogens is 364 g/mol. The highest BCUT2D eigenvalue weighted by Crippen LogP contribution is 2.43. The zero-order valence-corrected chi connectivity index (χ0v) is 15.2. The third kappa shape index (κ3) is 2.72. The summed E-state index contributed by atoms with van der Waals surface area (Å²) in [7, 11) is 1.58. The Labute approximate surface area is 160 Å². The lowest BCUT2D eigenvalue weighted by Gasteiger charge is -2.28. The number of para-hydroxylation sites is 1. The first-order valence-corrected chi connectivity index (χ1v) is 8.59. The second-order valence-corrected chi connectivity index (χ2v) is 6.52. The summed E-state index contributed by atoms with van der Waals surface area (Å²) in [6.45, 7) is 0. The zero-order chi connectivity index (χ0) is 19.1. The van der Waals surface area contributed by atoms with E-state index < -0.39 is 11.5 Å². The van der Waals surface area contributed by atoms with Crippen molar-refractivity contribution in [3.05, 3.63) is 81.5 Å². The van der Waals surface area contributed by atoms with Crippen LogP contribution >= 0.6 is 12.2 Å². The topological polar surface area (TPSA) is 101 Å².